The molecule has 0 aromatic carbocycles. The standard InChI is InChI=1S/C10H18O/c1-5-9(4)6-10(7-11)8(2)3/h5,10-11H,2,6-7H2,1,3-4H3. The van der Waals surface area contributed by atoms with Gasteiger partial charge in [-0.3, -0.25) is 0 Å². The highest BCUT2D eigenvalue weighted by atomic mass is 16.3. The fraction of sp³-hybridized carbons (Fsp3) is 0.600. The second kappa shape index (κ2) is 5.14. The monoisotopic (exact) mass is 154 g/mol. The van der Waals surface area contributed by atoms with Crippen molar-refractivity contribution in [1.82, 2.24) is 0 Å². The maximum Gasteiger partial charge on any atom is 0.0499 e. The summed E-state index contributed by atoms with van der Waals surface area (Å²) in [5.74, 6) is 0.242. The van der Waals surface area contributed by atoms with Gasteiger partial charge in [-0.05, 0) is 27.2 Å². The Labute approximate surface area is 69.4 Å². The van der Waals surface area contributed by atoms with Gasteiger partial charge in [0.2, 0.25) is 0 Å². The lowest BCUT2D eigenvalue weighted by molar-refractivity contribution is 0.246. The minimum absolute atomic E-state index is 0.209. The predicted octanol–water partition coefficient (Wildman–Crippen LogP) is 2.53. The Hall–Kier alpha value is -0.560. The molecule has 0 spiro atoms. The van der Waals surface area contributed by atoms with Crippen LogP contribution in [-0.4, -0.2) is 11.7 Å². The van der Waals surface area contributed by atoms with Crippen LogP contribution >= 0.6 is 0 Å². The molecule has 64 valence electrons. The van der Waals surface area contributed by atoms with Crippen LogP contribution in [0.2, 0.25) is 0 Å². The summed E-state index contributed by atoms with van der Waals surface area (Å²) in [6, 6.07) is 0. The van der Waals surface area contributed by atoms with E-state index >= 15 is 0 Å². The molecule has 0 rings (SSSR count). The number of aliphatic hydroxyl groups excluding tert-OH is 1. The van der Waals surface area contributed by atoms with Gasteiger partial charge in [-0.2, -0.15) is 0 Å². The van der Waals surface area contributed by atoms with Crippen LogP contribution in [0, 0.1) is 5.92 Å². The van der Waals surface area contributed by atoms with Crippen molar-refractivity contribution in [2.75, 3.05) is 6.61 Å². The van der Waals surface area contributed by atoms with Crippen molar-refractivity contribution in [2.24, 2.45) is 5.92 Å². The third kappa shape index (κ3) is 3.99. The molecule has 0 bridgehead atoms. The molecule has 0 fully saturated rings. The van der Waals surface area contributed by atoms with Crippen molar-refractivity contribution >= 4 is 0 Å². The molecule has 0 aliphatic heterocycles. The third-order valence-corrected chi connectivity index (χ3v) is 1.98. The molecule has 11 heavy (non-hydrogen) atoms. The van der Waals surface area contributed by atoms with E-state index in [1.165, 1.54) is 5.57 Å². The van der Waals surface area contributed by atoms with Crippen LogP contribution in [0.3, 0.4) is 0 Å². The van der Waals surface area contributed by atoms with Crippen LogP contribution in [0.4, 0.5) is 0 Å². The van der Waals surface area contributed by atoms with Gasteiger partial charge in [0.05, 0.1) is 0 Å². The van der Waals surface area contributed by atoms with E-state index in [0.717, 1.165) is 12.0 Å². The molecule has 0 radical (unpaired) electrons. The second-order valence-corrected chi connectivity index (χ2v) is 3.07. The topological polar surface area (TPSA) is 20.2 Å². The Morgan fingerprint density at radius 2 is 2.09 bits per heavy atom. The van der Waals surface area contributed by atoms with Gasteiger partial charge in [0.25, 0.3) is 0 Å². The Balaban J connectivity index is 3.98. The third-order valence-electron chi connectivity index (χ3n) is 1.98. The van der Waals surface area contributed by atoms with E-state index in [-0.39, 0.29) is 12.5 Å². The number of aliphatic hydroxyl groups is 1. The van der Waals surface area contributed by atoms with Crippen molar-refractivity contribution in [3.8, 4) is 0 Å². The van der Waals surface area contributed by atoms with E-state index in [4.69, 9.17) is 5.11 Å². The van der Waals surface area contributed by atoms with E-state index < -0.39 is 0 Å². The zero-order valence-corrected chi connectivity index (χ0v) is 7.72. The average molecular weight is 154 g/mol. The number of rotatable bonds is 4. The molecule has 0 aliphatic rings. The SMILES string of the molecule is C=C(C)C(CO)CC(C)=CC. The van der Waals surface area contributed by atoms with Crippen LogP contribution in [0.5, 0.6) is 0 Å². The van der Waals surface area contributed by atoms with Gasteiger partial charge in [0, 0.05) is 12.5 Å². The van der Waals surface area contributed by atoms with Crippen molar-refractivity contribution in [1.29, 1.82) is 0 Å². The minimum atomic E-state index is 0.209. The zero-order chi connectivity index (χ0) is 8.85. The maximum atomic E-state index is 8.95. The smallest absolute Gasteiger partial charge is 0.0499 e. The van der Waals surface area contributed by atoms with E-state index in [0.29, 0.717) is 0 Å². The Bertz CT molecular complexity index is 156. The number of hydrogen-bond acceptors (Lipinski definition) is 1. The Morgan fingerprint density at radius 1 is 1.55 bits per heavy atom. The quantitative estimate of drug-likeness (QED) is 0.617. The molecule has 0 aromatic heterocycles. The van der Waals surface area contributed by atoms with Crippen molar-refractivity contribution in [3.05, 3.63) is 23.8 Å². The van der Waals surface area contributed by atoms with E-state index in [1.54, 1.807) is 0 Å². The minimum Gasteiger partial charge on any atom is -0.396 e. The van der Waals surface area contributed by atoms with Gasteiger partial charge in [-0.25, -0.2) is 0 Å². The molecule has 1 unspecified atom stereocenters. The first kappa shape index (κ1) is 10.4. The molecule has 0 heterocycles. The molecule has 0 saturated carbocycles. The largest absolute Gasteiger partial charge is 0.396 e. The summed E-state index contributed by atoms with van der Waals surface area (Å²) in [6.45, 7) is 10.1. The summed E-state index contributed by atoms with van der Waals surface area (Å²) < 4.78 is 0. The normalized spacial score (nSPS) is 14.7. The highest BCUT2D eigenvalue weighted by Gasteiger charge is 2.07. The highest BCUT2D eigenvalue weighted by Crippen LogP contribution is 2.17. The van der Waals surface area contributed by atoms with Crippen LogP contribution < -0.4 is 0 Å². The first-order valence-corrected chi connectivity index (χ1v) is 3.99. The first-order valence-electron chi connectivity index (χ1n) is 3.99. The van der Waals surface area contributed by atoms with E-state index in [2.05, 4.69) is 19.6 Å². The Morgan fingerprint density at radius 3 is 2.36 bits per heavy atom. The molecular formula is C10H18O. The van der Waals surface area contributed by atoms with Crippen LogP contribution in [0.15, 0.2) is 23.8 Å². The molecule has 0 aromatic rings. The number of hydrogen-bond donors (Lipinski definition) is 1. The first-order chi connectivity index (χ1) is 5.11. The van der Waals surface area contributed by atoms with Gasteiger partial charge in [0.15, 0.2) is 0 Å². The molecule has 1 atom stereocenters. The van der Waals surface area contributed by atoms with Gasteiger partial charge in [-0.1, -0.05) is 23.8 Å². The summed E-state index contributed by atoms with van der Waals surface area (Å²) >= 11 is 0. The van der Waals surface area contributed by atoms with Crippen molar-refractivity contribution < 1.29 is 5.11 Å². The summed E-state index contributed by atoms with van der Waals surface area (Å²) in [5, 5.41) is 8.95. The molecular weight excluding hydrogens is 136 g/mol. The maximum absolute atomic E-state index is 8.95. The predicted molar refractivity (Wildman–Crippen MR) is 49.4 cm³/mol. The lowest BCUT2D eigenvalue weighted by Gasteiger charge is -2.13. The summed E-state index contributed by atoms with van der Waals surface area (Å²) in [6.07, 6.45) is 3.01. The van der Waals surface area contributed by atoms with Gasteiger partial charge < -0.3 is 5.11 Å². The van der Waals surface area contributed by atoms with Crippen molar-refractivity contribution in [3.63, 3.8) is 0 Å². The molecule has 1 N–H and O–H groups in total. The number of allylic oxidation sites excluding steroid dienone is 2. The van der Waals surface area contributed by atoms with Gasteiger partial charge in [0.1, 0.15) is 0 Å². The summed E-state index contributed by atoms with van der Waals surface area (Å²) in [7, 11) is 0. The zero-order valence-electron chi connectivity index (χ0n) is 7.72. The van der Waals surface area contributed by atoms with Crippen LogP contribution in [0.25, 0.3) is 0 Å². The summed E-state index contributed by atoms with van der Waals surface area (Å²) in [5.41, 5.74) is 2.38. The molecule has 0 saturated heterocycles. The fourth-order valence-electron chi connectivity index (χ4n) is 0.901. The fourth-order valence-corrected chi connectivity index (χ4v) is 0.901. The van der Waals surface area contributed by atoms with Crippen LogP contribution in [-0.2, 0) is 0 Å². The van der Waals surface area contributed by atoms with Crippen molar-refractivity contribution in [2.45, 2.75) is 27.2 Å². The summed E-state index contributed by atoms with van der Waals surface area (Å²) in [4.78, 5) is 0. The molecule has 1 nitrogen and oxygen atoms in total. The molecule has 0 aliphatic carbocycles. The van der Waals surface area contributed by atoms with Crippen LogP contribution in [0.1, 0.15) is 27.2 Å². The van der Waals surface area contributed by atoms with Gasteiger partial charge >= 0.3 is 0 Å². The lowest BCUT2D eigenvalue weighted by atomic mass is 9.95. The second-order valence-electron chi connectivity index (χ2n) is 3.07. The average Bonchev–Trinajstić information content (AvgIpc) is 1.99. The highest BCUT2D eigenvalue weighted by molar-refractivity contribution is 5.05. The molecule has 0 amide bonds. The van der Waals surface area contributed by atoms with E-state index in [1.807, 2.05) is 13.8 Å². The molecule has 1 heteroatoms. The van der Waals surface area contributed by atoms with E-state index in [9.17, 15) is 0 Å². The van der Waals surface area contributed by atoms with Gasteiger partial charge in [-0.15, -0.1) is 0 Å². The Kier molecular flexibility index (Phi) is 4.88. The lowest BCUT2D eigenvalue weighted by Crippen LogP contribution is -2.07.